The fraction of sp³-hybridized carbons (Fsp3) is 0.500. The van der Waals surface area contributed by atoms with E-state index in [0.717, 1.165) is 6.42 Å². The zero-order chi connectivity index (χ0) is 14.8. The van der Waals surface area contributed by atoms with Crippen LogP contribution in [0.5, 0.6) is 5.75 Å². The molecular formula is C14H21NO5. The molecule has 0 aliphatic heterocycles. The number of esters is 1. The van der Waals surface area contributed by atoms with Gasteiger partial charge in [-0.15, -0.1) is 0 Å². The van der Waals surface area contributed by atoms with Crippen molar-refractivity contribution in [2.24, 2.45) is 0 Å². The Morgan fingerprint density at radius 3 is 2.65 bits per heavy atom. The Hall–Kier alpha value is -1.79. The Morgan fingerprint density at radius 1 is 1.15 bits per heavy atom. The fourth-order valence-electron chi connectivity index (χ4n) is 1.56. The number of nitrogens with two attached hydrogens (primary N) is 1. The highest BCUT2D eigenvalue weighted by atomic mass is 16.6. The SMILES string of the molecule is COCCCOCCOC(=O)c1cc(N)ccc1OC. The molecule has 0 bridgehead atoms. The third kappa shape index (κ3) is 5.46. The van der Waals surface area contributed by atoms with Crippen LogP contribution in [0.1, 0.15) is 16.8 Å². The molecular weight excluding hydrogens is 262 g/mol. The summed E-state index contributed by atoms with van der Waals surface area (Å²) in [5.41, 5.74) is 6.44. The fourth-order valence-corrected chi connectivity index (χ4v) is 1.56. The molecule has 0 amide bonds. The third-order valence-electron chi connectivity index (χ3n) is 2.54. The van der Waals surface area contributed by atoms with Gasteiger partial charge in [-0.1, -0.05) is 0 Å². The topological polar surface area (TPSA) is 80.0 Å². The first-order valence-electron chi connectivity index (χ1n) is 6.36. The maximum absolute atomic E-state index is 11.9. The molecule has 0 radical (unpaired) electrons. The molecule has 0 aliphatic carbocycles. The van der Waals surface area contributed by atoms with Crippen LogP contribution in [0.25, 0.3) is 0 Å². The molecule has 0 saturated carbocycles. The van der Waals surface area contributed by atoms with Crippen LogP contribution in [0.4, 0.5) is 5.69 Å². The number of hydrogen-bond acceptors (Lipinski definition) is 6. The molecule has 0 aromatic heterocycles. The summed E-state index contributed by atoms with van der Waals surface area (Å²) in [6.45, 7) is 1.76. The number of benzene rings is 1. The average molecular weight is 283 g/mol. The standard InChI is InChI=1S/C14H21NO5/c1-17-6-3-7-19-8-9-20-14(16)12-10-11(15)4-5-13(12)18-2/h4-5,10H,3,6-9,15H2,1-2H3. The molecule has 6 heteroatoms. The lowest BCUT2D eigenvalue weighted by Crippen LogP contribution is -2.13. The van der Waals surface area contributed by atoms with Crippen molar-refractivity contribution in [1.82, 2.24) is 0 Å². The Kier molecular flexibility index (Phi) is 7.46. The molecule has 20 heavy (non-hydrogen) atoms. The number of carbonyl (C=O) groups excluding carboxylic acids is 1. The Morgan fingerprint density at radius 2 is 1.95 bits per heavy atom. The summed E-state index contributed by atoms with van der Waals surface area (Å²) in [4.78, 5) is 11.9. The molecule has 1 rings (SSSR count). The van der Waals surface area contributed by atoms with Crippen LogP contribution >= 0.6 is 0 Å². The molecule has 1 aromatic rings. The molecule has 6 nitrogen and oxygen atoms in total. The van der Waals surface area contributed by atoms with E-state index in [-0.39, 0.29) is 6.61 Å². The van der Waals surface area contributed by atoms with Gasteiger partial charge in [-0.25, -0.2) is 4.79 Å². The lowest BCUT2D eigenvalue weighted by molar-refractivity contribution is 0.0285. The largest absolute Gasteiger partial charge is 0.496 e. The zero-order valence-electron chi connectivity index (χ0n) is 11.9. The predicted molar refractivity (Wildman–Crippen MR) is 75.0 cm³/mol. The summed E-state index contributed by atoms with van der Waals surface area (Å²) >= 11 is 0. The summed E-state index contributed by atoms with van der Waals surface area (Å²) in [7, 11) is 3.13. The van der Waals surface area contributed by atoms with Crippen LogP contribution in [0, 0.1) is 0 Å². The second-order valence-electron chi connectivity index (χ2n) is 4.05. The Labute approximate surface area is 118 Å². The van der Waals surface area contributed by atoms with Gasteiger partial charge in [-0.05, 0) is 24.6 Å². The van der Waals surface area contributed by atoms with Gasteiger partial charge in [-0.3, -0.25) is 0 Å². The van der Waals surface area contributed by atoms with Crippen molar-refractivity contribution in [1.29, 1.82) is 0 Å². The van der Waals surface area contributed by atoms with E-state index in [2.05, 4.69) is 0 Å². The Balaban J connectivity index is 2.34. The van der Waals surface area contributed by atoms with Crippen molar-refractivity contribution in [3.63, 3.8) is 0 Å². The quantitative estimate of drug-likeness (QED) is 0.420. The first kappa shape index (κ1) is 16.3. The highest BCUT2D eigenvalue weighted by molar-refractivity contribution is 5.93. The van der Waals surface area contributed by atoms with Gasteiger partial charge in [0.15, 0.2) is 0 Å². The first-order chi connectivity index (χ1) is 9.69. The molecule has 2 N–H and O–H groups in total. The summed E-state index contributed by atoms with van der Waals surface area (Å²) in [5, 5.41) is 0. The predicted octanol–water partition coefficient (Wildman–Crippen LogP) is 1.49. The minimum atomic E-state index is -0.477. The molecule has 1 aromatic carbocycles. The molecule has 0 heterocycles. The van der Waals surface area contributed by atoms with Crippen molar-refractivity contribution < 1.29 is 23.7 Å². The maximum atomic E-state index is 11.9. The van der Waals surface area contributed by atoms with E-state index in [4.69, 9.17) is 24.7 Å². The van der Waals surface area contributed by atoms with Gasteiger partial charge in [0.05, 0.1) is 13.7 Å². The molecule has 0 aliphatic rings. The van der Waals surface area contributed by atoms with Gasteiger partial charge in [0.2, 0.25) is 0 Å². The first-order valence-corrected chi connectivity index (χ1v) is 6.36. The van der Waals surface area contributed by atoms with Gasteiger partial charge >= 0.3 is 5.97 Å². The van der Waals surface area contributed by atoms with E-state index >= 15 is 0 Å². The maximum Gasteiger partial charge on any atom is 0.342 e. The van der Waals surface area contributed by atoms with Crippen molar-refractivity contribution in [3.8, 4) is 5.75 Å². The molecule has 0 fully saturated rings. The highest BCUT2D eigenvalue weighted by Crippen LogP contribution is 2.21. The third-order valence-corrected chi connectivity index (χ3v) is 2.54. The Bertz CT molecular complexity index is 422. The van der Waals surface area contributed by atoms with Gasteiger partial charge in [0.25, 0.3) is 0 Å². The van der Waals surface area contributed by atoms with E-state index in [9.17, 15) is 4.79 Å². The van der Waals surface area contributed by atoms with Crippen molar-refractivity contribution >= 4 is 11.7 Å². The number of methoxy groups -OCH3 is 2. The van der Waals surface area contributed by atoms with Crippen molar-refractivity contribution in [2.75, 3.05) is 46.4 Å². The van der Waals surface area contributed by atoms with Gasteiger partial charge in [0, 0.05) is 26.0 Å². The summed E-state index contributed by atoms with van der Waals surface area (Å²) < 4.78 is 20.4. The van der Waals surface area contributed by atoms with Gasteiger partial charge in [-0.2, -0.15) is 0 Å². The lowest BCUT2D eigenvalue weighted by atomic mass is 10.2. The van der Waals surface area contributed by atoms with Crippen LogP contribution in [0.2, 0.25) is 0 Å². The molecule has 112 valence electrons. The summed E-state index contributed by atoms with van der Waals surface area (Å²) in [5.74, 6) is -0.0418. The van der Waals surface area contributed by atoms with Gasteiger partial charge < -0.3 is 24.7 Å². The number of carbonyl (C=O) groups is 1. The molecule has 0 saturated heterocycles. The van der Waals surface area contributed by atoms with Crippen LogP contribution in [-0.4, -0.2) is 46.6 Å². The van der Waals surface area contributed by atoms with Crippen LogP contribution in [-0.2, 0) is 14.2 Å². The molecule has 0 spiro atoms. The van der Waals surface area contributed by atoms with E-state index in [1.807, 2.05) is 0 Å². The van der Waals surface area contributed by atoms with E-state index < -0.39 is 5.97 Å². The van der Waals surface area contributed by atoms with E-state index in [0.29, 0.717) is 36.8 Å². The molecule has 0 unspecified atom stereocenters. The summed E-state index contributed by atoms with van der Waals surface area (Å²) in [6.07, 6.45) is 0.813. The number of hydrogen-bond donors (Lipinski definition) is 1. The smallest absolute Gasteiger partial charge is 0.342 e. The summed E-state index contributed by atoms with van der Waals surface area (Å²) in [6, 6.07) is 4.82. The molecule has 0 atom stereocenters. The second kappa shape index (κ2) is 9.17. The second-order valence-corrected chi connectivity index (χ2v) is 4.05. The normalized spacial score (nSPS) is 10.3. The van der Waals surface area contributed by atoms with Crippen molar-refractivity contribution in [3.05, 3.63) is 23.8 Å². The van der Waals surface area contributed by atoms with E-state index in [1.54, 1.807) is 19.2 Å². The number of rotatable bonds is 9. The van der Waals surface area contributed by atoms with Crippen molar-refractivity contribution in [2.45, 2.75) is 6.42 Å². The lowest BCUT2D eigenvalue weighted by Gasteiger charge is -2.09. The number of nitrogen functional groups attached to an aromatic ring is 1. The van der Waals surface area contributed by atoms with Crippen LogP contribution in [0.15, 0.2) is 18.2 Å². The van der Waals surface area contributed by atoms with Gasteiger partial charge in [0.1, 0.15) is 17.9 Å². The van der Waals surface area contributed by atoms with Crippen LogP contribution < -0.4 is 10.5 Å². The average Bonchev–Trinajstić information content (AvgIpc) is 2.46. The van der Waals surface area contributed by atoms with Crippen LogP contribution in [0.3, 0.4) is 0 Å². The highest BCUT2D eigenvalue weighted by Gasteiger charge is 2.13. The minimum absolute atomic E-state index is 0.184. The number of anilines is 1. The number of ether oxygens (including phenoxy) is 4. The van der Waals surface area contributed by atoms with E-state index in [1.165, 1.54) is 13.2 Å². The minimum Gasteiger partial charge on any atom is -0.496 e. The zero-order valence-corrected chi connectivity index (χ0v) is 11.9. The monoisotopic (exact) mass is 283 g/mol.